The second-order valence-electron chi connectivity index (χ2n) is 8.72. The van der Waals surface area contributed by atoms with Crippen molar-refractivity contribution < 1.29 is 4.79 Å². The van der Waals surface area contributed by atoms with E-state index in [9.17, 15) is 9.59 Å². The number of amides is 2. The SMILES string of the molecule is Cc1ccc2cc(CN(Cc3ccccc3)C(=O)NC3CCCCC3)c(=O)[nH]c2c1C. The Balaban J connectivity index is 1.61. The van der Waals surface area contributed by atoms with E-state index in [1.165, 1.54) is 6.42 Å². The maximum absolute atomic E-state index is 13.2. The molecule has 1 saturated carbocycles. The molecule has 3 aromatic rings. The smallest absolute Gasteiger partial charge is 0.318 e. The molecule has 2 N–H and O–H groups in total. The number of aromatic amines is 1. The van der Waals surface area contributed by atoms with E-state index in [-0.39, 0.29) is 24.2 Å². The van der Waals surface area contributed by atoms with Crippen molar-refractivity contribution >= 4 is 16.9 Å². The lowest BCUT2D eigenvalue weighted by Crippen LogP contribution is -2.45. The minimum absolute atomic E-state index is 0.102. The fourth-order valence-corrected chi connectivity index (χ4v) is 4.41. The highest BCUT2D eigenvalue weighted by molar-refractivity contribution is 5.83. The molecule has 1 aliphatic carbocycles. The van der Waals surface area contributed by atoms with Gasteiger partial charge in [-0.3, -0.25) is 4.79 Å². The number of urea groups is 1. The molecule has 0 bridgehead atoms. The van der Waals surface area contributed by atoms with Gasteiger partial charge in [0.25, 0.3) is 5.56 Å². The third kappa shape index (κ3) is 4.98. The molecule has 1 heterocycles. The first-order valence-corrected chi connectivity index (χ1v) is 11.2. The van der Waals surface area contributed by atoms with E-state index in [0.29, 0.717) is 12.1 Å². The van der Waals surface area contributed by atoms with Gasteiger partial charge in [0.15, 0.2) is 0 Å². The number of carbonyl (C=O) groups is 1. The number of rotatable bonds is 5. The topological polar surface area (TPSA) is 65.2 Å². The molecule has 4 rings (SSSR count). The second kappa shape index (κ2) is 9.38. The van der Waals surface area contributed by atoms with Crippen LogP contribution < -0.4 is 10.9 Å². The first kappa shape index (κ1) is 21.2. The number of nitrogens with one attached hydrogen (secondary N) is 2. The summed E-state index contributed by atoms with van der Waals surface area (Å²) in [6.07, 6.45) is 5.62. The molecular weight excluding hydrogens is 386 g/mol. The fraction of sp³-hybridized carbons (Fsp3) is 0.385. The first-order chi connectivity index (χ1) is 15.0. The van der Waals surface area contributed by atoms with E-state index in [4.69, 9.17) is 0 Å². The molecule has 1 fully saturated rings. The Bertz CT molecular complexity index is 1110. The molecular formula is C26H31N3O2. The number of aromatic nitrogens is 1. The van der Waals surface area contributed by atoms with Crippen LogP contribution in [0.2, 0.25) is 0 Å². The molecule has 31 heavy (non-hydrogen) atoms. The van der Waals surface area contributed by atoms with Gasteiger partial charge >= 0.3 is 6.03 Å². The zero-order valence-corrected chi connectivity index (χ0v) is 18.4. The summed E-state index contributed by atoms with van der Waals surface area (Å²) in [5.74, 6) is 0. The first-order valence-electron chi connectivity index (χ1n) is 11.2. The number of H-pyrrole nitrogens is 1. The van der Waals surface area contributed by atoms with Crippen molar-refractivity contribution in [2.75, 3.05) is 0 Å². The average Bonchev–Trinajstić information content (AvgIpc) is 2.78. The van der Waals surface area contributed by atoms with E-state index < -0.39 is 0 Å². The van der Waals surface area contributed by atoms with E-state index >= 15 is 0 Å². The summed E-state index contributed by atoms with van der Waals surface area (Å²) in [4.78, 5) is 30.9. The maximum atomic E-state index is 13.2. The summed E-state index contributed by atoms with van der Waals surface area (Å²) in [5, 5.41) is 4.20. The zero-order valence-electron chi connectivity index (χ0n) is 18.4. The van der Waals surface area contributed by atoms with Crippen molar-refractivity contribution in [2.24, 2.45) is 0 Å². The van der Waals surface area contributed by atoms with Crippen LogP contribution in [0.25, 0.3) is 10.9 Å². The lowest BCUT2D eigenvalue weighted by molar-refractivity contribution is 0.184. The Kier molecular flexibility index (Phi) is 6.40. The molecule has 0 saturated heterocycles. The molecule has 2 aromatic carbocycles. The summed E-state index contributed by atoms with van der Waals surface area (Å²) >= 11 is 0. The van der Waals surface area contributed by atoms with Crippen LogP contribution in [0.5, 0.6) is 0 Å². The molecule has 0 radical (unpaired) electrons. The summed E-state index contributed by atoms with van der Waals surface area (Å²) in [5.41, 5.74) is 4.61. The molecule has 5 nitrogen and oxygen atoms in total. The van der Waals surface area contributed by atoms with Crippen molar-refractivity contribution in [3.63, 3.8) is 0 Å². The monoisotopic (exact) mass is 417 g/mol. The van der Waals surface area contributed by atoms with Gasteiger partial charge in [0.05, 0.1) is 12.1 Å². The van der Waals surface area contributed by atoms with Crippen LogP contribution in [0.3, 0.4) is 0 Å². The molecule has 162 valence electrons. The van der Waals surface area contributed by atoms with Gasteiger partial charge in [-0.15, -0.1) is 0 Å². The number of nitrogens with zero attached hydrogens (tertiary/aromatic N) is 1. The van der Waals surface area contributed by atoms with Gasteiger partial charge in [0, 0.05) is 18.2 Å². The van der Waals surface area contributed by atoms with E-state index in [2.05, 4.69) is 16.4 Å². The van der Waals surface area contributed by atoms with Crippen molar-refractivity contribution in [1.82, 2.24) is 15.2 Å². The highest BCUT2D eigenvalue weighted by Crippen LogP contribution is 2.21. The number of fused-ring (bicyclic) bond motifs is 1. The standard InChI is InChI=1S/C26H31N3O2/c1-18-13-14-21-15-22(25(30)28-24(21)19(18)2)17-29(16-20-9-5-3-6-10-20)26(31)27-23-11-7-4-8-12-23/h3,5-6,9-10,13-15,23H,4,7-8,11-12,16-17H2,1-2H3,(H,27,31)(H,28,30). The zero-order chi connectivity index (χ0) is 21.8. The molecule has 2 amide bonds. The Morgan fingerprint density at radius 3 is 2.52 bits per heavy atom. The third-order valence-electron chi connectivity index (χ3n) is 6.43. The van der Waals surface area contributed by atoms with Crippen LogP contribution in [0.15, 0.2) is 53.3 Å². The number of carbonyl (C=O) groups excluding carboxylic acids is 1. The minimum atomic E-state index is -0.135. The van der Waals surface area contributed by atoms with Gasteiger partial charge in [0.1, 0.15) is 0 Å². The van der Waals surface area contributed by atoms with Crippen molar-refractivity contribution in [3.8, 4) is 0 Å². The molecule has 1 aliphatic rings. The predicted molar refractivity (Wildman–Crippen MR) is 125 cm³/mol. The van der Waals surface area contributed by atoms with Crippen LogP contribution in [-0.4, -0.2) is 22.0 Å². The summed E-state index contributed by atoms with van der Waals surface area (Å²) in [7, 11) is 0. The molecule has 0 unspecified atom stereocenters. The van der Waals surface area contributed by atoms with Gasteiger partial charge in [-0.1, -0.05) is 61.7 Å². The summed E-state index contributed by atoms with van der Waals surface area (Å²) in [6.45, 7) is 4.79. The lowest BCUT2D eigenvalue weighted by atomic mass is 9.96. The Hall–Kier alpha value is -3.08. The fourth-order valence-electron chi connectivity index (χ4n) is 4.41. The van der Waals surface area contributed by atoms with Gasteiger partial charge in [-0.25, -0.2) is 4.79 Å². The van der Waals surface area contributed by atoms with Crippen LogP contribution in [0.1, 0.15) is 54.4 Å². The molecule has 5 heteroatoms. The average molecular weight is 418 g/mol. The quantitative estimate of drug-likeness (QED) is 0.600. The highest BCUT2D eigenvalue weighted by Gasteiger charge is 2.21. The van der Waals surface area contributed by atoms with Crippen molar-refractivity contribution in [1.29, 1.82) is 0 Å². The van der Waals surface area contributed by atoms with E-state index in [1.54, 1.807) is 4.90 Å². The molecule has 1 aromatic heterocycles. The van der Waals surface area contributed by atoms with Crippen LogP contribution >= 0.6 is 0 Å². The van der Waals surface area contributed by atoms with Gasteiger partial charge in [-0.2, -0.15) is 0 Å². The Morgan fingerprint density at radius 2 is 1.77 bits per heavy atom. The number of hydrogen-bond acceptors (Lipinski definition) is 2. The molecule has 0 aliphatic heterocycles. The van der Waals surface area contributed by atoms with Gasteiger partial charge in [-0.05, 0) is 54.8 Å². The maximum Gasteiger partial charge on any atom is 0.318 e. The lowest BCUT2D eigenvalue weighted by Gasteiger charge is -2.28. The van der Waals surface area contributed by atoms with Gasteiger partial charge in [0.2, 0.25) is 0 Å². The van der Waals surface area contributed by atoms with Gasteiger partial charge < -0.3 is 15.2 Å². The Morgan fingerprint density at radius 1 is 1.03 bits per heavy atom. The van der Waals surface area contributed by atoms with Crippen LogP contribution in [-0.2, 0) is 13.1 Å². The molecule has 0 atom stereocenters. The highest BCUT2D eigenvalue weighted by atomic mass is 16.2. The molecule has 0 spiro atoms. The number of aryl methyl sites for hydroxylation is 2. The Labute approximate surface area is 183 Å². The second-order valence-corrected chi connectivity index (χ2v) is 8.72. The predicted octanol–water partition coefficient (Wildman–Crippen LogP) is 5.19. The summed E-state index contributed by atoms with van der Waals surface area (Å²) < 4.78 is 0. The van der Waals surface area contributed by atoms with Crippen molar-refractivity contribution in [3.05, 3.63) is 81.1 Å². The van der Waals surface area contributed by atoms with Crippen LogP contribution in [0.4, 0.5) is 4.79 Å². The largest absolute Gasteiger partial charge is 0.335 e. The van der Waals surface area contributed by atoms with E-state index in [0.717, 1.165) is 53.3 Å². The minimum Gasteiger partial charge on any atom is -0.335 e. The summed E-state index contributed by atoms with van der Waals surface area (Å²) in [6, 6.07) is 16.1. The van der Waals surface area contributed by atoms with E-state index in [1.807, 2.05) is 56.3 Å². The number of benzene rings is 2. The number of hydrogen-bond donors (Lipinski definition) is 2. The van der Waals surface area contributed by atoms with Crippen LogP contribution in [0, 0.1) is 13.8 Å². The number of pyridine rings is 1. The normalized spacial score (nSPS) is 14.5. The van der Waals surface area contributed by atoms with Crippen molar-refractivity contribution in [2.45, 2.75) is 65.1 Å². The third-order valence-corrected chi connectivity index (χ3v) is 6.43.